The van der Waals surface area contributed by atoms with Crippen LogP contribution in [-0.4, -0.2) is 33.2 Å². The van der Waals surface area contributed by atoms with Crippen LogP contribution in [0.1, 0.15) is 42.3 Å². The molecule has 0 bridgehead atoms. The molecule has 0 radical (unpaired) electrons. The van der Waals surface area contributed by atoms with Crippen molar-refractivity contribution < 1.29 is 13.2 Å². The maximum absolute atomic E-state index is 12.6. The Morgan fingerprint density at radius 3 is 2.61 bits per heavy atom. The summed E-state index contributed by atoms with van der Waals surface area (Å²) in [7, 11) is 0. The molecule has 2 fully saturated rings. The third-order valence-electron chi connectivity index (χ3n) is 4.73. The van der Waals surface area contributed by atoms with Gasteiger partial charge in [0.25, 0.3) is 0 Å². The lowest BCUT2D eigenvalue weighted by Gasteiger charge is -2.48. The van der Waals surface area contributed by atoms with Crippen LogP contribution >= 0.6 is 11.3 Å². The first-order chi connectivity index (χ1) is 10.9. The van der Waals surface area contributed by atoms with Gasteiger partial charge in [-0.15, -0.1) is 0 Å². The number of nitrogens with one attached hydrogen (secondary N) is 2. The highest BCUT2D eigenvalue weighted by Crippen LogP contribution is 2.40. The molecule has 2 aromatic rings. The van der Waals surface area contributed by atoms with Gasteiger partial charge in [-0.2, -0.15) is 13.2 Å². The van der Waals surface area contributed by atoms with Gasteiger partial charge in [0, 0.05) is 18.0 Å². The minimum atomic E-state index is -4.25. The van der Waals surface area contributed by atoms with Gasteiger partial charge < -0.3 is 0 Å². The Hall–Kier alpha value is -1.32. The predicted molar refractivity (Wildman–Crippen MR) is 80.0 cm³/mol. The SMILES string of the molecule is FC(F)(F)Cc1nc2c(C3CCC4(CC3)CNN4)ncnc2s1. The number of alkyl halides is 3. The summed E-state index contributed by atoms with van der Waals surface area (Å²) >= 11 is 1.01. The van der Waals surface area contributed by atoms with Gasteiger partial charge in [0.15, 0.2) is 0 Å². The highest BCUT2D eigenvalue weighted by molar-refractivity contribution is 7.18. The summed E-state index contributed by atoms with van der Waals surface area (Å²) in [4.78, 5) is 13.2. The van der Waals surface area contributed by atoms with Crippen molar-refractivity contribution in [3.05, 3.63) is 17.0 Å². The van der Waals surface area contributed by atoms with Crippen LogP contribution < -0.4 is 10.9 Å². The Morgan fingerprint density at radius 2 is 2.00 bits per heavy atom. The molecule has 1 aliphatic heterocycles. The van der Waals surface area contributed by atoms with E-state index in [-0.39, 0.29) is 16.5 Å². The Bertz CT molecular complexity index is 715. The van der Waals surface area contributed by atoms with Gasteiger partial charge in [-0.05, 0) is 25.7 Å². The number of thiazole rings is 1. The van der Waals surface area contributed by atoms with E-state index in [4.69, 9.17) is 0 Å². The number of rotatable bonds is 2. The van der Waals surface area contributed by atoms with Crippen LogP contribution in [0.3, 0.4) is 0 Å². The maximum Gasteiger partial charge on any atom is 0.395 e. The quantitative estimate of drug-likeness (QED) is 0.878. The number of aromatic nitrogens is 3. The van der Waals surface area contributed by atoms with Crippen LogP contribution in [0, 0.1) is 0 Å². The number of hydrogen-bond acceptors (Lipinski definition) is 6. The van der Waals surface area contributed by atoms with Gasteiger partial charge in [-0.1, -0.05) is 11.3 Å². The predicted octanol–water partition coefficient (Wildman–Crippen LogP) is 2.70. The zero-order valence-electron chi connectivity index (χ0n) is 12.3. The average Bonchev–Trinajstić information content (AvgIpc) is 2.85. The number of fused-ring (bicyclic) bond motifs is 1. The van der Waals surface area contributed by atoms with Crippen molar-refractivity contribution in [2.24, 2.45) is 0 Å². The molecule has 0 atom stereocenters. The van der Waals surface area contributed by atoms with Crippen molar-refractivity contribution in [1.29, 1.82) is 0 Å². The fourth-order valence-corrected chi connectivity index (χ4v) is 4.39. The van der Waals surface area contributed by atoms with Crippen LogP contribution in [0.5, 0.6) is 0 Å². The van der Waals surface area contributed by atoms with Gasteiger partial charge in [0.05, 0.1) is 12.1 Å². The molecular weight excluding hydrogens is 327 g/mol. The highest BCUT2D eigenvalue weighted by Gasteiger charge is 2.41. The van der Waals surface area contributed by atoms with Gasteiger partial charge in [0.1, 0.15) is 21.7 Å². The van der Waals surface area contributed by atoms with Gasteiger partial charge in [0.2, 0.25) is 0 Å². The molecule has 5 nitrogen and oxygen atoms in total. The molecule has 124 valence electrons. The standard InChI is InChI=1S/C14H16F3N5S/c15-14(16,17)5-9-21-11-10(18-7-19-12(11)23-9)8-1-3-13(4-2-8)6-20-22-13/h7-8,20,22H,1-6H2. The molecule has 2 aromatic heterocycles. The Morgan fingerprint density at radius 1 is 1.26 bits per heavy atom. The summed E-state index contributed by atoms with van der Waals surface area (Å²) in [6.45, 7) is 0.978. The Balaban J connectivity index is 1.60. The van der Waals surface area contributed by atoms with Crippen LogP contribution in [-0.2, 0) is 6.42 Å². The summed E-state index contributed by atoms with van der Waals surface area (Å²) in [5.74, 6) is 0.245. The van der Waals surface area contributed by atoms with Crippen molar-refractivity contribution in [1.82, 2.24) is 25.8 Å². The van der Waals surface area contributed by atoms with E-state index < -0.39 is 12.6 Å². The van der Waals surface area contributed by atoms with E-state index in [1.807, 2.05) is 0 Å². The van der Waals surface area contributed by atoms with Crippen LogP contribution in [0.25, 0.3) is 10.3 Å². The third kappa shape index (κ3) is 2.92. The molecule has 2 aliphatic rings. The van der Waals surface area contributed by atoms with E-state index in [1.165, 1.54) is 6.33 Å². The third-order valence-corrected chi connectivity index (χ3v) is 5.69. The van der Waals surface area contributed by atoms with Crippen LogP contribution in [0.15, 0.2) is 6.33 Å². The maximum atomic E-state index is 12.6. The minimum absolute atomic E-state index is 0.0615. The zero-order valence-corrected chi connectivity index (χ0v) is 13.1. The van der Waals surface area contributed by atoms with E-state index >= 15 is 0 Å². The van der Waals surface area contributed by atoms with E-state index in [1.54, 1.807) is 0 Å². The summed E-state index contributed by atoms with van der Waals surface area (Å²) in [5.41, 5.74) is 7.93. The summed E-state index contributed by atoms with van der Waals surface area (Å²) in [6, 6.07) is 0. The smallest absolute Gasteiger partial charge is 0.255 e. The summed E-state index contributed by atoms with van der Waals surface area (Å²) in [5, 5.41) is 0.0615. The van der Waals surface area contributed by atoms with Crippen LogP contribution in [0.4, 0.5) is 13.2 Å². The average molecular weight is 343 g/mol. The minimum Gasteiger partial charge on any atom is -0.255 e. The lowest BCUT2D eigenvalue weighted by molar-refractivity contribution is -0.127. The molecule has 1 saturated heterocycles. The molecule has 4 rings (SSSR count). The molecule has 0 unspecified atom stereocenters. The number of nitrogens with zero attached hydrogens (tertiary/aromatic N) is 3. The first-order valence-electron chi connectivity index (χ1n) is 7.61. The monoisotopic (exact) mass is 343 g/mol. The van der Waals surface area contributed by atoms with Gasteiger partial charge in [-0.3, -0.25) is 10.9 Å². The second-order valence-electron chi connectivity index (χ2n) is 6.35. The second-order valence-corrected chi connectivity index (χ2v) is 7.41. The summed E-state index contributed by atoms with van der Waals surface area (Å²) < 4.78 is 37.7. The number of halogens is 3. The first kappa shape index (κ1) is 15.2. The van der Waals surface area contributed by atoms with Crippen molar-refractivity contribution in [2.75, 3.05) is 6.54 Å². The van der Waals surface area contributed by atoms with E-state index in [0.29, 0.717) is 10.3 Å². The molecule has 23 heavy (non-hydrogen) atoms. The fraction of sp³-hybridized carbons (Fsp3) is 0.643. The topological polar surface area (TPSA) is 62.7 Å². The van der Waals surface area contributed by atoms with Gasteiger partial charge >= 0.3 is 6.18 Å². The van der Waals surface area contributed by atoms with Crippen LogP contribution in [0.2, 0.25) is 0 Å². The Labute approximate surface area is 134 Å². The zero-order chi connectivity index (χ0) is 16.1. The molecule has 3 heterocycles. The van der Waals surface area contributed by atoms with E-state index in [0.717, 1.165) is 49.3 Å². The lowest BCUT2D eigenvalue weighted by atomic mass is 9.74. The molecule has 1 saturated carbocycles. The molecule has 0 amide bonds. The lowest BCUT2D eigenvalue weighted by Crippen LogP contribution is -2.70. The number of hydrogen-bond donors (Lipinski definition) is 2. The molecular formula is C14H16F3N5S. The van der Waals surface area contributed by atoms with Crippen molar-refractivity contribution >= 4 is 21.7 Å². The molecule has 1 spiro atoms. The molecule has 1 aliphatic carbocycles. The highest BCUT2D eigenvalue weighted by atomic mass is 32.1. The molecule has 2 N–H and O–H groups in total. The first-order valence-corrected chi connectivity index (χ1v) is 8.43. The normalized spacial score (nSPS) is 28.2. The Kier molecular flexibility index (Phi) is 3.54. The number of hydrazine groups is 1. The van der Waals surface area contributed by atoms with Crippen molar-refractivity contribution in [2.45, 2.75) is 49.7 Å². The van der Waals surface area contributed by atoms with E-state index in [2.05, 4.69) is 25.8 Å². The fourth-order valence-electron chi connectivity index (χ4n) is 3.44. The largest absolute Gasteiger partial charge is 0.395 e. The summed E-state index contributed by atoms with van der Waals surface area (Å²) in [6.07, 6.45) is 0.199. The van der Waals surface area contributed by atoms with Crippen molar-refractivity contribution in [3.8, 4) is 0 Å². The van der Waals surface area contributed by atoms with Crippen molar-refractivity contribution in [3.63, 3.8) is 0 Å². The molecule has 0 aromatic carbocycles. The second kappa shape index (κ2) is 5.35. The van der Waals surface area contributed by atoms with E-state index in [9.17, 15) is 13.2 Å². The van der Waals surface area contributed by atoms with Gasteiger partial charge in [-0.25, -0.2) is 15.0 Å². The molecule has 9 heteroatoms.